The second-order valence-electron chi connectivity index (χ2n) is 8.02. The van der Waals surface area contributed by atoms with Crippen LogP contribution >= 0.6 is 11.8 Å². The fourth-order valence-corrected chi connectivity index (χ4v) is 7.55. The zero-order valence-corrected chi connectivity index (χ0v) is 20.2. The van der Waals surface area contributed by atoms with Crippen molar-refractivity contribution in [3.05, 3.63) is 53.6 Å². The van der Waals surface area contributed by atoms with Crippen LogP contribution in [-0.2, 0) is 27.5 Å². The van der Waals surface area contributed by atoms with E-state index in [0.717, 1.165) is 22.0 Å². The van der Waals surface area contributed by atoms with Gasteiger partial charge in [-0.15, -0.1) is 0 Å². The van der Waals surface area contributed by atoms with Crippen molar-refractivity contribution in [3.63, 3.8) is 0 Å². The molecule has 0 aliphatic carbocycles. The first-order valence-electron chi connectivity index (χ1n) is 10.6. The number of nitrogens with one attached hydrogen (secondary N) is 2. The van der Waals surface area contributed by atoms with Crippen molar-refractivity contribution in [2.45, 2.75) is 24.1 Å². The molecule has 8 nitrogen and oxygen atoms in total. The van der Waals surface area contributed by atoms with Gasteiger partial charge in [0.15, 0.2) is 26.5 Å². The van der Waals surface area contributed by atoms with Gasteiger partial charge in [0.1, 0.15) is 0 Å². The number of carbonyl (C=O) groups is 1. The zero-order valence-electron chi connectivity index (χ0n) is 18.5. The molecule has 10 heteroatoms. The maximum atomic E-state index is 12.3. The van der Waals surface area contributed by atoms with E-state index in [0.29, 0.717) is 30.9 Å². The summed E-state index contributed by atoms with van der Waals surface area (Å²) < 4.78 is 33.9. The molecular formula is C23H27N3O5S2. The van der Waals surface area contributed by atoms with Gasteiger partial charge < -0.3 is 20.1 Å². The summed E-state index contributed by atoms with van der Waals surface area (Å²) in [5.41, 5.74) is 2.83. The smallest absolute Gasteiger partial charge is 0.224 e. The van der Waals surface area contributed by atoms with Crippen LogP contribution in [0.25, 0.3) is 0 Å². The number of hydrogen-bond donors (Lipinski definition) is 2. The maximum absolute atomic E-state index is 12.3. The number of methoxy groups -OCH3 is 2. The van der Waals surface area contributed by atoms with E-state index in [4.69, 9.17) is 9.47 Å². The molecule has 0 saturated carbocycles. The first-order valence-corrected chi connectivity index (χ1v) is 13.3. The largest absolute Gasteiger partial charge is 0.493 e. The molecule has 2 aromatic carbocycles. The molecule has 1 saturated heterocycles. The van der Waals surface area contributed by atoms with E-state index in [9.17, 15) is 13.2 Å². The Bertz CT molecular complexity index is 1150. The van der Waals surface area contributed by atoms with Gasteiger partial charge in [-0.1, -0.05) is 30.0 Å². The van der Waals surface area contributed by atoms with Crippen molar-refractivity contribution in [1.29, 1.82) is 0 Å². The molecule has 2 heterocycles. The lowest BCUT2D eigenvalue weighted by Gasteiger charge is -2.10. The number of fused-ring (bicyclic) bond motifs is 1. The Balaban J connectivity index is 1.23. The topological polar surface area (TPSA) is 106 Å². The third-order valence-electron chi connectivity index (χ3n) is 5.57. The first-order chi connectivity index (χ1) is 15.8. The van der Waals surface area contributed by atoms with Gasteiger partial charge in [0.05, 0.1) is 38.2 Å². The van der Waals surface area contributed by atoms with E-state index in [1.165, 1.54) is 11.8 Å². The quantitative estimate of drug-likeness (QED) is 0.586. The highest BCUT2D eigenvalue weighted by Gasteiger charge is 2.42. The number of thioether (sulfide) groups is 1. The third-order valence-corrected chi connectivity index (χ3v) is 8.71. The van der Waals surface area contributed by atoms with Crippen molar-refractivity contribution in [2.24, 2.45) is 4.99 Å². The summed E-state index contributed by atoms with van der Waals surface area (Å²) >= 11 is 1.49. The summed E-state index contributed by atoms with van der Waals surface area (Å²) in [5, 5.41) is 6.96. The van der Waals surface area contributed by atoms with Crippen molar-refractivity contribution in [3.8, 4) is 11.5 Å². The van der Waals surface area contributed by atoms with Crippen molar-refractivity contribution < 1.29 is 22.7 Å². The van der Waals surface area contributed by atoms with Crippen LogP contribution in [0.3, 0.4) is 0 Å². The normalized spacial score (nSPS) is 20.6. The molecule has 1 amide bonds. The Hall–Kier alpha value is -2.72. The number of aliphatic imine (C=N–C) groups is 1. The molecule has 4 rings (SSSR count). The number of hydrogen-bond acceptors (Lipinski definition) is 8. The molecule has 2 atom stereocenters. The molecule has 0 unspecified atom stereocenters. The Kier molecular flexibility index (Phi) is 7.14. The molecule has 2 aromatic rings. The van der Waals surface area contributed by atoms with Crippen LogP contribution in [0.5, 0.6) is 11.5 Å². The first kappa shape index (κ1) is 23.4. The Morgan fingerprint density at radius 3 is 2.48 bits per heavy atom. The van der Waals surface area contributed by atoms with E-state index >= 15 is 0 Å². The van der Waals surface area contributed by atoms with Crippen LogP contribution < -0.4 is 20.1 Å². The monoisotopic (exact) mass is 489 g/mol. The minimum Gasteiger partial charge on any atom is -0.493 e. The molecule has 176 valence electrons. The highest BCUT2D eigenvalue weighted by atomic mass is 32.2. The van der Waals surface area contributed by atoms with Gasteiger partial charge in [-0.05, 0) is 41.8 Å². The molecular weight excluding hydrogens is 462 g/mol. The van der Waals surface area contributed by atoms with Gasteiger partial charge in [-0.3, -0.25) is 9.79 Å². The molecule has 2 aliphatic heterocycles. The molecule has 2 aliphatic rings. The minimum atomic E-state index is -2.95. The Labute approximate surface area is 198 Å². The molecule has 1 fully saturated rings. The SMILES string of the molecule is COc1ccc(CCNC(=O)Cc2ccc(NC3=N[C@H]4CS(=O)(=O)C[C@@H]4S3)cc2)cc1OC. The van der Waals surface area contributed by atoms with Gasteiger partial charge in [-0.2, -0.15) is 0 Å². The predicted molar refractivity (Wildman–Crippen MR) is 131 cm³/mol. The van der Waals surface area contributed by atoms with Crippen molar-refractivity contribution in [1.82, 2.24) is 5.32 Å². The van der Waals surface area contributed by atoms with E-state index in [1.807, 2.05) is 42.5 Å². The molecule has 2 N–H and O–H groups in total. The molecule has 0 radical (unpaired) electrons. The second kappa shape index (κ2) is 10.0. The minimum absolute atomic E-state index is 0.0134. The summed E-state index contributed by atoms with van der Waals surface area (Å²) in [6, 6.07) is 13.2. The van der Waals surface area contributed by atoms with Crippen LogP contribution in [0.2, 0.25) is 0 Å². The summed E-state index contributed by atoms with van der Waals surface area (Å²) in [6.45, 7) is 0.531. The standard InChI is InChI=1S/C23H27N3O5S2/c1-30-19-8-5-16(11-20(19)31-2)9-10-24-22(27)12-15-3-6-17(7-4-15)25-23-26-18-13-33(28,29)14-21(18)32-23/h3-8,11,18,21H,9-10,12-14H2,1-2H3,(H,24,27)(H,25,26)/t18-,21-/m0/s1. The lowest BCUT2D eigenvalue weighted by atomic mass is 10.1. The number of amides is 1. The lowest BCUT2D eigenvalue weighted by Crippen LogP contribution is -2.27. The number of carbonyl (C=O) groups excluding carboxylic acids is 1. The highest BCUT2D eigenvalue weighted by Crippen LogP contribution is 2.34. The average Bonchev–Trinajstić information content (AvgIpc) is 3.27. The number of ether oxygens (including phenoxy) is 2. The number of rotatable bonds is 8. The van der Waals surface area contributed by atoms with Gasteiger partial charge >= 0.3 is 0 Å². The summed E-state index contributed by atoms with van der Waals surface area (Å²) in [4.78, 5) is 16.8. The number of amidine groups is 1. The van der Waals surface area contributed by atoms with E-state index in [-0.39, 0.29) is 28.7 Å². The predicted octanol–water partition coefficient (Wildman–Crippen LogP) is 2.29. The second-order valence-corrected chi connectivity index (χ2v) is 11.4. The number of nitrogens with zero attached hydrogens (tertiary/aromatic N) is 1. The van der Waals surface area contributed by atoms with Gasteiger partial charge in [0.25, 0.3) is 0 Å². The molecule has 0 bridgehead atoms. The van der Waals surface area contributed by atoms with Crippen LogP contribution in [0, 0.1) is 0 Å². The van der Waals surface area contributed by atoms with E-state index < -0.39 is 9.84 Å². The zero-order chi connectivity index (χ0) is 23.4. The fourth-order valence-electron chi connectivity index (χ4n) is 3.88. The Morgan fingerprint density at radius 1 is 1.06 bits per heavy atom. The summed E-state index contributed by atoms with van der Waals surface area (Å²) in [6.07, 6.45) is 0.988. The van der Waals surface area contributed by atoms with Gasteiger partial charge in [-0.25, -0.2) is 8.42 Å². The molecule has 0 aromatic heterocycles. The van der Waals surface area contributed by atoms with E-state index in [1.54, 1.807) is 14.2 Å². The third kappa shape index (κ3) is 6.00. The number of anilines is 1. The number of benzene rings is 2. The van der Waals surface area contributed by atoms with Crippen molar-refractivity contribution >= 4 is 38.4 Å². The van der Waals surface area contributed by atoms with Crippen LogP contribution in [0.1, 0.15) is 11.1 Å². The van der Waals surface area contributed by atoms with Gasteiger partial charge in [0, 0.05) is 17.5 Å². The van der Waals surface area contributed by atoms with Gasteiger partial charge in [0.2, 0.25) is 5.91 Å². The summed E-state index contributed by atoms with van der Waals surface area (Å²) in [5.74, 6) is 1.64. The summed E-state index contributed by atoms with van der Waals surface area (Å²) in [7, 11) is 0.246. The lowest BCUT2D eigenvalue weighted by molar-refractivity contribution is -0.120. The fraction of sp³-hybridized carbons (Fsp3) is 0.391. The van der Waals surface area contributed by atoms with Crippen molar-refractivity contribution in [2.75, 3.05) is 37.6 Å². The van der Waals surface area contributed by atoms with Crippen LogP contribution in [-0.4, -0.2) is 63.1 Å². The number of sulfone groups is 1. The average molecular weight is 490 g/mol. The molecule has 0 spiro atoms. The Morgan fingerprint density at radius 2 is 1.79 bits per heavy atom. The maximum Gasteiger partial charge on any atom is 0.224 e. The van der Waals surface area contributed by atoms with Crippen LogP contribution in [0.15, 0.2) is 47.5 Å². The van der Waals surface area contributed by atoms with Crippen LogP contribution in [0.4, 0.5) is 5.69 Å². The molecule has 33 heavy (non-hydrogen) atoms. The van der Waals surface area contributed by atoms with E-state index in [2.05, 4.69) is 15.6 Å². The highest BCUT2D eigenvalue weighted by molar-refractivity contribution is 8.15.